The maximum atomic E-state index is 12.9. The Balaban J connectivity index is 1.66. The zero-order valence-corrected chi connectivity index (χ0v) is 16.3. The highest BCUT2D eigenvalue weighted by atomic mass is 19.4. The van der Waals surface area contributed by atoms with Gasteiger partial charge in [-0.2, -0.15) is 13.2 Å². The molecule has 0 atom stereocenters. The minimum atomic E-state index is -4.32. The van der Waals surface area contributed by atoms with E-state index < -0.39 is 11.7 Å². The Hall–Kier alpha value is -2.41. The van der Waals surface area contributed by atoms with Crippen molar-refractivity contribution in [3.8, 4) is 11.5 Å². The summed E-state index contributed by atoms with van der Waals surface area (Å²) in [6.07, 6.45) is -4.32. The van der Waals surface area contributed by atoms with Crippen LogP contribution in [-0.2, 0) is 12.7 Å². The van der Waals surface area contributed by atoms with E-state index in [9.17, 15) is 13.2 Å². The van der Waals surface area contributed by atoms with Crippen LogP contribution in [0.15, 0.2) is 36.4 Å². The molecule has 4 nitrogen and oxygen atoms in total. The molecular formula is C21H25F3N2O2. The highest BCUT2D eigenvalue weighted by Crippen LogP contribution is 2.33. The summed E-state index contributed by atoms with van der Waals surface area (Å²) in [6.45, 7) is 5.59. The highest BCUT2D eigenvalue weighted by molar-refractivity contribution is 5.51. The number of ether oxygens (including phenoxy) is 2. The number of piperazine rings is 1. The van der Waals surface area contributed by atoms with Crippen LogP contribution in [0.2, 0.25) is 0 Å². The second kappa shape index (κ2) is 8.31. The molecule has 0 N–H and O–H groups in total. The molecule has 1 aliphatic heterocycles. The standard InChI is InChI=1S/C21H25F3N2O2/c1-15-19(27-2)8-7-16(20(15)28-3)14-25-9-11-26(12-10-25)18-6-4-5-17(13-18)21(22,23)24/h4-8,13H,9-12,14H2,1-3H3. The Morgan fingerprint density at radius 1 is 0.964 bits per heavy atom. The molecule has 0 aromatic heterocycles. The summed E-state index contributed by atoms with van der Waals surface area (Å²) in [5.74, 6) is 1.61. The Morgan fingerprint density at radius 3 is 2.29 bits per heavy atom. The maximum absolute atomic E-state index is 12.9. The summed E-state index contributed by atoms with van der Waals surface area (Å²) in [6, 6.07) is 9.48. The summed E-state index contributed by atoms with van der Waals surface area (Å²) in [7, 11) is 3.28. The van der Waals surface area contributed by atoms with Crippen LogP contribution >= 0.6 is 0 Å². The fourth-order valence-corrected chi connectivity index (χ4v) is 3.64. The third-order valence-corrected chi connectivity index (χ3v) is 5.17. The fourth-order valence-electron chi connectivity index (χ4n) is 3.64. The second-order valence-electron chi connectivity index (χ2n) is 6.90. The Morgan fingerprint density at radius 2 is 1.68 bits per heavy atom. The first kappa shape index (κ1) is 20.3. The van der Waals surface area contributed by atoms with Crippen LogP contribution in [0, 0.1) is 6.92 Å². The molecule has 0 radical (unpaired) electrons. The van der Waals surface area contributed by atoms with E-state index >= 15 is 0 Å². The summed E-state index contributed by atoms with van der Waals surface area (Å²) in [4.78, 5) is 4.29. The molecule has 0 aliphatic carbocycles. The van der Waals surface area contributed by atoms with Gasteiger partial charge >= 0.3 is 6.18 Å². The van der Waals surface area contributed by atoms with Gasteiger partial charge < -0.3 is 14.4 Å². The third kappa shape index (κ3) is 4.35. The van der Waals surface area contributed by atoms with Crippen LogP contribution in [0.5, 0.6) is 11.5 Å². The van der Waals surface area contributed by atoms with Crippen LogP contribution in [0.25, 0.3) is 0 Å². The predicted molar refractivity (Wildman–Crippen MR) is 103 cm³/mol. The maximum Gasteiger partial charge on any atom is 0.416 e. The Bertz CT molecular complexity index is 816. The minimum Gasteiger partial charge on any atom is -0.496 e. The molecule has 0 amide bonds. The number of halogens is 3. The van der Waals surface area contributed by atoms with Crippen LogP contribution < -0.4 is 14.4 Å². The SMILES string of the molecule is COc1ccc(CN2CCN(c3cccc(C(F)(F)F)c3)CC2)c(OC)c1C. The smallest absolute Gasteiger partial charge is 0.416 e. The second-order valence-corrected chi connectivity index (χ2v) is 6.90. The van der Waals surface area contributed by atoms with Gasteiger partial charge in [0.05, 0.1) is 19.8 Å². The minimum absolute atomic E-state index is 0.606. The average Bonchev–Trinajstić information content (AvgIpc) is 2.68. The number of nitrogens with zero attached hydrogens (tertiary/aromatic N) is 2. The van der Waals surface area contributed by atoms with Gasteiger partial charge in [0.2, 0.25) is 0 Å². The molecule has 1 aliphatic rings. The molecule has 1 heterocycles. The number of hydrogen-bond acceptors (Lipinski definition) is 4. The van der Waals surface area contributed by atoms with E-state index in [-0.39, 0.29) is 0 Å². The number of rotatable bonds is 5. The number of alkyl halides is 3. The lowest BCUT2D eigenvalue weighted by molar-refractivity contribution is -0.137. The van der Waals surface area contributed by atoms with Crippen LogP contribution in [0.1, 0.15) is 16.7 Å². The molecule has 1 saturated heterocycles. The molecule has 2 aromatic carbocycles. The summed E-state index contributed by atoms with van der Waals surface area (Å²) < 4.78 is 49.8. The molecule has 0 unspecified atom stereocenters. The van der Waals surface area contributed by atoms with Crippen LogP contribution in [-0.4, -0.2) is 45.3 Å². The molecular weight excluding hydrogens is 369 g/mol. The van der Waals surface area contributed by atoms with Crippen molar-refractivity contribution in [1.82, 2.24) is 4.90 Å². The molecule has 3 rings (SSSR count). The van der Waals surface area contributed by atoms with Gasteiger partial charge in [0.25, 0.3) is 0 Å². The van der Waals surface area contributed by atoms with Gasteiger partial charge in [-0.15, -0.1) is 0 Å². The summed E-state index contributed by atoms with van der Waals surface area (Å²) in [5.41, 5.74) is 2.05. The molecule has 1 fully saturated rings. The normalized spacial score (nSPS) is 15.6. The fraction of sp³-hybridized carbons (Fsp3) is 0.429. The van der Waals surface area contributed by atoms with Crippen molar-refractivity contribution in [2.24, 2.45) is 0 Å². The zero-order valence-electron chi connectivity index (χ0n) is 16.3. The molecule has 28 heavy (non-hydrogen) atoms. The zero-order chi connectivity index (χ0) is 20.3. The van der Waals surface area contributed by atoms with Crippen molar-refractivity contribution in [3.05, 3.63) is 53.1 Å². The quantitative estimate of drug-likeness (QED) is 0.753. The van der Waals surface area contributed by atoms with Gasteiger partial charge in [0, 0.05) is 49.5 Å². The highest BCUT2D eigenvalue weighted by Gasteiger charge is 2.31. The number of anilines is 1. The largest absolute Gasteiger partial charge is 0.496 e. The first-order valence-corrected chi connectivity index (χ1v) is 9.18. The predicted octanol–water partition coefficient (Wildman–Crippen LogP) is 4.35. The molecule has 0 spiro atoms. The number of benzene rings is 2. The number of methoxy groups -OCH3 is 2. The van der Waals surface area contributed by atoms with E-state index in [0.717, 1.165) is 48.3 Å². The average molecular weight is 394 g/mol. The van der Waals surface area contributed by atoms with E-state index in [4.69, 9.17) is 9.47 Å². The topological polar surface area (TPSA) is 24.9 Å². The first-order valence-electron chi connectivity index (χ1n) is 9.18. The van der Waals surface area contributed by atoms with Crippen molar-refractivity contribution in [2.45, 2.75) is 19.6 Å². The third-order valence-electron chi connectivity index (χ3n) is 5.17. The van der Waals surface area contributed by atoms with E-state index in [1.807, 2.05) is 24.0 Å². The van der Waals surface area contributed by atoms with E-state index in [0.29, 0.717) is 18.8 Å². The van der Waals surface area contributed by atoms with Crippen LogP contribution in [0.4, 0.5) is 18.9 Å². The van der Waals surface area contributed by atoms with Gasteiger partial charge in [-0.05, 0) is 31.2 Å². The van der Waals surface area contributed by atoms with Gasteiger partial charge in [-0.1, -0.05) is 12.1 Å². The Kier molecular flexibility index (Phi) is 6.03. The summed E-state index contributed by atoms with van der Waals surface area (Å²) >= 11 is 0. The summed E-state index contributed by atoms with van der Waals surface area (Å²) in [5, 5.41) is 0. The van der Waals surface area contributed by atoms with Crippen molar-refractivity contribution < 1.29 is 22.6 Å². The molecule has 7 heteroatoms. The lowest BCUT2D eigenvalue weighted by Crippen LogP contribution is -2.46. The molecule has 0 bridgehead atoms. The van der Waals surface area contributed by atoms with Gasteiger partial charge in [-0.3, -0.25) is 4.90 Å². The molecule has 2 aromatic rings. The van der Waals surface area contributed by atoms with Crippen molar-refractivity contribution in [3.63, 3.8) is 0 Å². The monoisotopic (exact) mass is 394 g/mol. The van der Waals surface area contributed by atoms with E-state index in [1.165, 1.54) is 12.1 Å². The van der Waals surface area contributed by atoms with Crippen molar-refractivity contribution in [2.75, 3.05) is 45.3 Å². The van der Waals surface area contributed by atoms with Crippen molar-refractivity contribution >= 4 is 5.69 Å². The molecule has 152 valence electrons. The van der Waals surface area contributed by atoms with Crippen molar-refractivity contribution in [1.29, 1.82) is 0 Å². The van der Waals surface area contributed by atoms with E-state index in [1.54, 1.807) is 20.3 Å². The molecule has 0 saturated carbocycles. The lowest BCUT2D eigenvalue weighted by Gasteiger charge is -2.36. The first-order chi connectivity index (χ1) is 13.3. The number of hydrogen-bond donors (Lipinski definition) is 0. The van der Waals surface area contributed by atoms with Crippen LogP contribution in [0.3, 0.4) is 0 Å². The van der Waals surface area contributed by atoms with Gasteiger partial charge in [0.1, 0.15) is 11.5 Å². The van der Waals surface area contributed by atoms with E-state index in [2.05, 4.69) is 4.90 Å². The van der Waals surface area contributed by atoms with Gasteiger partial charge in [0.15, 0.2) is 0 Å². The van der Waals surface area contributed by atoms with Gasteiger partial charge in [-0.25, -0.2) is 0 Å². The lowest BCUT2D eigenvalue weighted by atomic mass is 10.1. The Labute approximate surface area is 163 Å².